The molecular weight excluding hydrogens is 412 g/mol. The summed E-state index contributed by atoms with van der Waals surface area (Å²) in [5, 5.41) is 3.88. The van der Waals surface area contributed by atoms with Crippen LogP contribution in [-0.4, -0.2) is 17.7 Å². The van der Waals surface area contributed by atoms with Crippen LogP contribution in [0.25, 0.3) is 22.2 Å². The van der Waals surface area contributed by atoms with E-state index in [0.29, 0.717) is 23.8 Å². The molecular formula is C28H26N2O3. The first-order valence-corrected chi connectivity index (χ1v) is 11.2. The van der Waals surface area contributed by atoms with Gasteiger partial charge >= 0.3 is 0 Å². The van der Waals surface area contributed by atoms with Crippen LogP contribution in [-0.2, 0) is 13.0 Å². The van der Waals surface area contributed by atoms with Gasteiger partial charge in [0.15, 0.2) is 11.5 Å². The maximum Gasteiger partial charge on any atom is 0.252 e. The van der Waals surface area contributed by atoms with E-state index < -0.39 is 0 Å². The van der Waals surface area contributed by atoms with Gasteiger partial charge in [-0.05, 0) is 47.7 Å². The lowest BCUT2D eigenvalue weighted by Crippen LogP contribution is -2.23. The van der Waals surface area contributed by atoms with Gasteiger partial charge in [-0.15, -0.1) is 0 Å². The molecule has 1 amide bonds. The van der Waals surface area contributed by atoms with Gasteiger partial charge in [-0.1, -0.05) is 62.4 Å². The third-order valence-electron chi connectivity index (χ3n) is 5.74. The first-order valence-electron chi connectivity index (χ1n) is 11.2. The lowest BCUT2D eigenvalue weighted by Gasteiger charge is -2.12. The molecule has 1 aliphatic heterocycles. The van der Waals surface area contributed by atoms with Gasteiger partial charge in [-0.25, -0.2) is 4.98 Å². The molecule has 4 aromatic rings. The van der Waals surface area contributed by atoms with E-state index in [0.717, 1.165) is 39.9 Å². The van der Waals surface area contributed by atoms with Gasteiger partial charge in [0, 0.05) is 17.5 Å². The van der Waals surface area contributed by atoms with Crippen LogP contribution in [0.4, 0.5) is 0 Å². The highest BCUT2D eigenvalue weighted by Crippen LogP contribution is 2.32. The highest BCUT2D eigenvalue weighted by molar-refractivity contribution is 6.07. The van der Waals surface area contributed by atoms with Crippen molar-refractivity contribution >= 4 is 16.8 Å². The molecule has 0 fully saturated rings. The van der Waals surface area contributed by atoms with Gasteiger partial charge in [0.25, 0.3) is 5.91 Å². The van der Waals surface area contributed by atoms with Crippen molar-refractivity contribution in [3.8, 4) is 22.8 Å². The average molecular weight is 439 g/mol. The standard InChI is InChI=1S/C28H26N2O3/c1-18(2)13-19-7-10-21(11-8-19)25-15-23(22-5-3-4-6-24(22)30-25)28(31)29-16-20-9-12-26-27(14-20)33-17-32-26/h3-12,14-15,18H,13,16-17H2,1-2H3,(H,29,31). The van der Waals surface area contributed by atoms with Crippen molar-refractivity contribution < 1.29 is 14.3 Å². The van der Waals surface area contributed by atoms with Crippen LogP contribution in [0.1, 0.15) is 35.3 Å². The quantitative estimate of drug-likeness (QED) is 0.416. The Kier molecular flexibility index (Phi) is 5.69. The summed E-state index contributed by atoms with van der Waals surface area (Å²) in [6.07, 6.45) is 1.04. The number of aromatic nitrogens is 1. The molecule has 5 rings (SSSR count). The Bertz CT molecular complexity index is 1310. The molecule has 0 saturated heterocycles. The molecule has 5 nitrogen and oxygen atoms in total. The topological polar surface area (TPSA) is 60.5 Å². The Morgan fingerprint density at radius 1 is 0.939 bits per heavy atom. The minimum atomic E-state index is -0.135. The largest absolute Gasteiger partial charge is 0.454 e. The van der Waals surface area contributed by atoms with Crippen molar-refractivity contribution in [1.82, 2.24) is 10.3 Å². The summed E-state index contributed by atoms with van der Waals surface area (Å²) in [5.74, 6) is 1.91. The summed E-state index contributed by atoms with van der Waals surface area (Å²) >= 11 is 0. The maximum absolute atomic E-state index is 13.2. The van der Waals surface area contributed by atoms with E-state index in [-0.39, 0.29) is 12.7 Å². The normalized spacial score (nSPS) is 12.3. The fourth-order valence-electron chi connectivity index (χ4n) is 4.12. The number of carbonyl (C=O) groups is 1. The van der Waals surface area contributed by atoms with Crippen molar-refractivity contribution in [1.29, 1.82) is 0 Å². The summed E-state index contributed by atoms with van der Waals surface area (Å²) in [7, 11) is 0. The fourth-order valence-corrected chi connectivity index (χ4v) is 4.12. The molecule has 0 saturated carbocycles. The zero-order chi connectivity index (χ0) is 22.8. The van der Waals surface area contributed by atoms with Gasteiger partial charge in [0.1, 0.15) is 0 Å². The smallest absolute Gasteiger partial charge is 0.252 e. The summed E-state index contributed by atoms with van der Waals surface area (Å²) in [4.78, 5) is 18.1. The first kappa shape index (κ1) is 21.0. The van der Waals surface area contributed by atoms with Crippen LogP contribution in [0.3, 0.4) is 0 Å². The predicted molar refractivity (Wildman–Crippen MR) is 129 cm³/mol. The SMILES string of the molecule is CC(C)Cc1ccc(-c2cc(C(=O)NCc3ccc4c(c3)OCO4)c3ccccc3n2)cc1. The molecule has 166 valence electrons. The van der Waals surface area contributed by atoms with Crippen LogP contribution in [0.5, 0.6) is 11.5 Å². The number of hydrogen-bond donors (Lipinski definition) is 1. The van der Waals surface area contributed by atoms with Crippen molar-refractivity contribution in [2.24, 2.45) is 5.92 Å². The zero-order valence-electron chi connectivity index (χ0n) is 18.8. The van der Waals surface area contributed by atoms with E-state index in [1.807, 2.05) is 48.5 Å². The summed E-state index contributed by atoms with van der Waals surface area (Å²) in [6.45, 7) is 5.06. The summed E-state index contributed by atoms with van der Waals surface area (Å²) in [6, 6.07) is 23.8. The minimum absolute atomic E-state index is 0.135. The van der Waals surface area contributed by atoms with Crippen LogP contribution >= 0.6 is 0 Å². The minimum Gasteiger partial charge on any atom is -0.454 e. The number of amides is 1. The van der Waals surface area contributed by atoms with E-state index in [1.165, 1.54) is 5.56 Å². The Morgan fingerprint density at radius 3 is 2.52 bits per heavy atom. The van der Waals surface area contributed by atoms with E-state index >= 15 is 0 Å². The van der Waals surface area contributed by atoms with Crippen molar-refractivity contribution in [3.63, 3.8) is 0 Å². The molecule has 0 spiro atoms. The van der Waals surface area contributed by atoms with Gasteiger partial charge in [-0.3, -0.25) is 4.79 Å². The van der Waals surface area contributed by atoms with Gasteiger partial charge in [0.05, 0.1) is 16.8 Å². The number of carbonyl (C=O) groups excluding carboxylic acids is 1. The molecule has 3 aromatic carbocycles. The molecule has 2 heterocycles. The number of ether oxygens (including phenoxy) is 2. The first-order chi connectivity index (χ1) is 16.1. The highest BCUT2D eigenvalue weighted by atomic mass is 16.7. The number of rotatable bonds is 6. The number of hydrogen-bond acceptors (Lipinski definition) is 4. The van der Waals surface area contributed by atoms with E-state index in [4.69, 9.17) is 14.5 Å². The molecule has 1 aliphatic rings. The number of pyridine rings is 1. The second-order valence-corrected chi connectivity index (χ2v) is 8.74. The fraction of sp³-hybridized carbons (Fsp3) is 0.214. The molecule has 0 aliphatic carbocycles. The van der Waals surface area contributed by atoms with Gasteiger partial charge in [0.2, 0.25) is 6.79 Å². The molecule has 0 atom stereocenters. The average Bonchev–Trinajstić information content (AvgIpc) is 3.30. The highest BCUT2D eigenvalue weighted by Gasteiger charge is 2.16. The molecule has 1 aromatic heterocycles. The van der Waals surface area contributed by atoms with Crippen LogP contribution in [0.2, 0.25) is 0 Å². The van der Waals surface area contributed by atoms with E-state index in [2.05, 4.69) is 43.4 Å². The Labute approximate surface area is 193 Å². The van der Waals surface area contributed by atoms with Crippen molar-refractivity contribution in [3.05, 3.63) is 89.5 Å². The third-order valence-corrected chi connectivity index (χ3v) is 5.74. The molecule has 1 N–H and O–H groups in total. The number of fused-ring (bicyclic) bond motifs is 2. The molecule has 0 bridgehead atoms. The molecule has 33 heavy (non-hydrogen) atoms. The number of nitrogens with zero attached hydrogens (tertiary/aromatic N) is 1. The second-order valence-electron chi connectivity index (χ2n) is 8.74. The number of para-hydroxylation sites is 1. The predicted octanol–water partition coefficient (Wildman–Crippen LogP) is 5.76. The molecule has 0 unspecified atom stereocenters. The van der Waals surface area contributed by atoms with E-state index in [9.17, 15) is 4.79 Å². The summed E-state index contributed by atoms with van der Waals surface area (Å²) < 4.78 is 10.8. The van der Waals surface area contributed by atoms with Crippen LogP contribution < -0.4 is 14.8 Å². The Morgan fingerprint density at radius 2 is 1.70 bits per heavy atom. The van der Waals surface area contributed by atoms with Crippen molar-refractivity contribution in [2.45, 2.75) is 26.8 Å². The number of benzene rings is 3. The Balaban J connectivity index is 1.42. The summed E-state index contributed by atoms with van der Waals surface area (Å²) in [5.41, 5.74) is 5.45. The number of nitrogens with one attached hydrogen (secondary N) is 1. The van der Waals surface area contributed by atoms with Crippen molar-refractivity contribution in [2.75, 3.05) is 6.79 Å². The van der Waals surface area contributed by atoms with Crippen LogP contribution in [0.15, 0.2) is 72.8 Å². The van der Waals surface area contributed by atoms with Gasteiger partial charge in [-0.2, -0.15) is 0 Å². The second kappa shape index (κ2) is 8.94. The van der Waals surface area contributed by atoms with Gasteiger partial charge < -0.3 is 14.8 Å². The zero-order valence-corrected chi connectivity index (χ0v) is 18.8. The Hall–Kier alpha value is -3.86. The third kappa shape index (κ3) is 4.53. The monoisotopic (exact) mass is 438 g/mol. The lowest BCUT2D eigenvalue weighted by atomic mass is 9.99. The van der Waals surface area contributed by atoms with Crippen LogP contribution in [0, 0.1) is 5.92 Å². The maximum atomic E-state index is 13.2. The molecule has 5 heteroatoms. The lowest BCUT2D eigenvalue weighted by molar-refractivity contribution is 0.0952. The molecule has 0 radical (unpaired) electrons. The van der Waals surface area contributed by atoms with E-state index in [1.54, 1.807) is 0 Å².